The van der Waals surface area contributed by atoms with E-state index in [-0.39, 0.29) is 6.29 Å². The van der Waals surface area contributed by atoms with Crippen LogP contribution in [0.4, 0.5) is 0 Å². The summed E-state index contributed by atoms with van der Waals surface area (Å²) in [7, 11) is 4.03. The van der Waals surface area contributed by atoms with Gasteiger partial charge in [-0.2, -0.15) is 10.6 Å². The molecule has 0 aliphatic rings. The van der Waals surface area contributed by atoms with Gasteiger partial charge in [-0.25, -0.2) is 0 Å². The second-order valence-corrected chi connectivity index (χ2v) is 11.2. The molecule has 1 atom stereocenters. The summed E-state index contributed by atoms with van der Waals surface area (Å²) in [6.07, 6.45) is 24.5. The molecule has 0 bridgehead atoms. The fourth-order valence-electron chi connectivity index (χ4n) is 3.32. The highest BCUT2D eigenvalue weighted by Gasteiger charge is 2.18. The predicted molar refractivity (Wildman–Crippen MR) is 132 cm³/mol. The number of ether oxygens (including phenoxy) is 1. The van der Waals surface area contributed by atoms with Gasteiger partial charge < -0.3 is 4.74 Å². The molecular formula is C24H51BO3S. The van der Waals surface area contributed by atoms with Crippen molar-refractivity contribution in [1.82, 2.24) is 0 Å². The summed E-state index contributed by atoms with van der Waals surface area (Å²) in [6.45, 7) is 6.10. The summed E-state index contributed by atoms with van der Waals surface area (Å²) in [5.41, 5.74) is 0. The van der Waals surface area contributed by atoms with Gasteiger partial charge in [0.15, 0.2) is 6.29 Å². The average molecular weight is 431 g/mol. The molecule has 0 saturated carbocycles. The summed E-state index contributed by atoms with van der Waals surface area (Å²) in [6, 6.07) is 0. The maximum Gasteiger partial charge on any atom is 0.180 e. The van der Waals surface area contributed by atoms with Crippen LogP contribution in [0.2, 0.25) is 6.32 Å². The third-order valence-corrected chi connectivity index (χ3v) is 6.56. The van der Waals surface area contributed by atoms with E-state index in [1.165, 1.54) is 77.0 Å². The zero-order valence-electron chi connectivity index (χ0n) is 20.2. The van der Waals surface area contributed by atoms with Crippen LogP contribution in [0, 0.1) is 0 Å². The van der Waals surface area contributed by atoms with Gasteiger partial charge in [-0.05, 0) is 19.3 Å². The Morgan fingerprint density at radius 2 is 1.17 bits per heavy atom. The molecule has 0 aromatic heterocycles. The van der Waals surface area contributed by atoms with Crippen molar-refractivity contribution in [1.29, 1.82) is 0 Å². The van der Waals surface area contributed by atoms with Crippen molar-refractivity contribution in [3.05, 3.63) is 0 Å². The Morgan fingerprint density at radius 3 is 1.79 bits per heavy atom. The summed E-state index contributed by atoms with van der Waals surface area (Å²) in [4.78, 5) is 0. The molecule has 5 heteroatoms. The fourth-order valence-corrected chi connectivity index (χ4v) is 4.56. The molecular weight excluding hydrogens is 379 g/mol. The Kier molecular flexibility index (Phi) is 21.7. The Balaban J connectivity index is 4.17. The molecule has 0 aliphatic carbocycles. The highest BCUT2D eigenvalue weighted by atomic mass is 32.3. The predicted octanol–water partition coefficient (Wildman–Crippen LogP) is 8.12. The third-order valence-electron chi connectivity index (χ3n) is 5.15. The van der Waals surface area contributed by atoms with Crippen LogP contribution < -0.4 is 0 Å². The standard InChI is InChI=1S/C24H51BO3S/c1-5-7-9-11-14-18-22-26-24(20-16-12-10-8-6-2)28-29(3,4)27-23-19-15-13-17-21-25/h24H,5-23H2,1-4H3. The molecule has 2 radical (unpaired) electrons. The smallest absolute Gasteiger partial charge is 0.180 e. The molecule has 0 fully saturated rings. The molecule has 174 valence electrons. The van der Waals surface area contributed by atoms with Crippen LogP contribution in [0.25, 0.3) is 0 Å². The first-order valence-corrected chi connectivity index (χ1v) is 14.7. The van der Waals surface area contributed by atoms with Crippen molar-refractivity contribution in [2.45, 2.75) is 129 Å². The van der Waals surface area contributed by atoms with E-state index in [1.54, 1.807) is 0 Å². The molecule has 3 nitrogen and oxygen atoms in total. The largest absolute Gasteiger partial charge is 0.351 e. The first-order chi connectivity index (χ1) is 14.1. The molecule has 0 N–H and O–H groups in total. The number of hydrogen-bond donors (Lipinski definition) is 0. The van der Waals surface area contributed by atoms with E-state index < -0.39 is 10.6 Å². The van der Waals surface area contributed by atoms with Crippen LogP contribution in [0.15, 0.2) is 0 Å². The Hall–Kier alpha value is 0.295. The van der Waals surface area contributed by atoms with Gasteiger partial charge in [-0.3, -0.25) is 8.37 Å². The Morgan fingerprint density at radius 1 is 0.655 bits per heavy atom. The van der Waals surface area contributed by atoms with Gasteiger partial charge in [-0.15, -0.1) is 0 Å². The van der Waals surface area contributed by atoms with Crippen LogP contribution in [0.1, 0.15) is 117 Å². The summed E-state index contributed by atoms with van der Waals surface area (Å²) < 4.78 is 18.6. The summed E-state index contributed by atoms with van der Waals surface area (Å²) >= 11 is 0. The number of hydrogen-bond acceptors (Lipinski definition) is 3. The molecule has 0 spiro atoms. The fraction of sp³-hybridized carbons (Fsp3) is 1.00. The molecule has 1 unspecified atom stereocenters. The zero-order chi connectivity index (χ0) is 21.6. The topological polar surface area (TPSA) is 27.7 Å². The highest BCUT2D eigenvalue weighted by molar-refractivity contribution is 8.24. The maximum absolute atomic E-state index is 6.34. The number of unbranched alkanes of at least 4 members (excludes halogenated alkanes) is 12. The SMILES string of the molecule is [B]CCCCCCOS(C)(C)OC(CCCCCCC)OCCCCCCCC. The third kappa shape index (κ3) is 21.3. The minimum absolute atomic E-state index is 0.116. The quantitative estimate of drug-likeness (QED) is 0.0930. The van der Waals surface area contributed by atoms with Gasteiger partial charge in [-0.1, -0.05) is 97.2 Å². The monoisotopic (exact) mass is 430 g/mol. The molecule has 0 rings (SSSR count). The van der Waals surface area contributed by atoms with Crippen molar-refractivity contribution >= 4 is 18.4 Å². The van der Waals surface area contributed by atoms with Crippen molar-refractivity contribution < 1.29 is 13.1 Å². The van der Waals surface area contributed by atoms with E-state index in [0.29, 0.717) is 0 Å². The normalized spacial score (nSPS) is 13.7. The van der Waals surface area contributed by atoms with Crippen molar-refractivity contribution in [2.75, 3.05) is 25.7 Å². The molecule has 0 aliphatic heterocycles. The van der Waals surface area contributed by atoms with Gasteiger partial charge in [0.1, 0.15) is 0 Å². The molecule has 0 amide bonds. The van der Waals surface area contributed by atoms with E-state index in [9.17, 15) is 0 Å². The van der Waals surface area contributed by atoms with Crippen molar-refractivity contribution in [3.63, 3.8) is 0 Å². The van der Waals surface area contributed by atoms with E-state index in [4.69, 9.17) is 20.9 Å². The van der Waals surface area contributed by atoms with E-state index >= 15 is 0 Å². The van der Waals surface area contributed by atoms with Crippen LogP contribution >= 0.6 is 10.6 Å². The lowest BCUT2D eigenvalue weighted by molar-refractivity contribution is -0.0843. The van der Waals surface area contributed by atoms with Crippen molar-refractivity contribution in [2.24, 2.45) is 0 Å². The van der Waals surface area contributed by atoms with Gasteiger partial charge in [0.25, 0.3) is 0 Å². The molecule has 0 saturated heterocycles. The Labute approximate surface area is 186 Å². The lowest BCUT2D eigenvalue weighted by Gasteiger charge is -2.38. The second kappa shape index (κ2) is 21.5. The van der Waals surface area contributed by atoms with Gasteiger partial charge in [0.05, 0.1) is 14.5 Å². The van der Waals surface area contributed by atoms with Crippen LogP contribution in [-0.4, -0.2) is 39.9 Å². The van der Waals surface area contributed by atoms with Crippen molar-refractivity contribution in [3.8, 4) is 0 Å². The molecule has 0 aromatic carbocycles. The highest BCUT2D eigenvalue weighted by Crippen LogP contribution is 2.44. The zero-order valence-corrected chi connectivity index (χ0v) is 21.0. The molecule has 0 heterocycles. The summed E-state index contributed by atoms with van der Waals surface area (Å²) in [5.74, 6) is 0. The van der Waals surface area contributed by atoms with Gasteiger partial charge in [0, 0.05) is 25.5 Å². The van der Waals surface area contributed by atoms with Crippen LogP contribution in [0.3, 0.4) is 0 Å². The lowest BCUT2D eigenvalue weighted by Crippen LogP contribution is -2.21. The Bertz CT molecular complexity index is 329. The van der Waals surface area contributed by atoms with E-state index in [1.807, 2.05) is 0 Å². The van der Waals surface area contributed by atoms with E-state index in [0.717, 1.165) is 45.2 Å². The summed E-state index contributed by atoms with van der Waals surface area (Å²) in [5, 5.41) is 0. The van der Waals surface area contributed by atoms with Crippen LogP contribution in [-0.2, 0) is 13.1 Å². The molecule has 0 aromatic rings. The second-order valence-electron chi connectivity index (χ2n) is 8.54. The first kappa shape index (κ1) is 29.3. The minimum atomic E-state index is -1.53. The van der Waals surface area contributed by atoms with Gasteiger partial charge >= 0.3 is 0 Å². The average Bonchev–Trinajstić information content (AvgIpc) is 2.69. The van der Waals surface area contributed by atoms with Crippen LogP contribution in [0.5, 0.6) is 0 Å². The number of rotatable bonds is 23. The minimum Gasteiger partial charge on any atom is -0.351 e. The maximum atomic E-state index is 6.34. The van der Waals surface area contributed by atoms with Gasteiger partial charge in [0.2, 0.25) is 0 Å². The molecule has 29 heavy (non-hydrogen) atoms. The van der Waals surface area contributed by atoms with E-state index in [2.05, 4.69) is 26.4 Å². The first-order valence-electron chi connectivity index (χ1n) is 12.4. The lowest BCUT2D eigenvalue weighted by atomic mass is 9.99.